The van der Waals surface area contributed by atoms with Gasteiger partial charge >= 0.3 is 5.63 Å². The molecule has 5 atom stereocenters. The van der Waals surface area contributed by atoms with Gasteiger partial charge in [0.2, 0.25) is 0 Å². The summed E-state index contributed by atoms with van der Waals surface area (Å²) in [7, 11) is 0. The smallest absolute Gasteiger partial charge is 0.336 e. The Morgan fingerprint density at radius 2 is 1.83 bits per heavy atom. The van der Waals surface area contributed by atoms with Crippen LogP contribution in [-0.4, -0.2) is 28.5 Å². The van der Waals surface area contributed by atoms with Crippen LogP contribution in [-0.2, 0) is 0 Å². The van der Waals surface area contributed by atoms with Gasteiger partial charge in [0.15, 0.2) is 0 Å². The van der Waals surface area contributed by atoms with Crippen LogP contribution in [0.25, 0.3) is 11.0 Å². The van der Waals surface area contributed by atoms with Gasteiger partial charge in [-0.15, -0.1) is 0 Å². The van der Waals surface area contributed by atoms with E-state index in [0.717, 1.165) is 24.6 Å². The lowest BCUT2D eigenvalue weighted by molar-refractivity contribution is -0.201. The Morgan fingerprint density at radius 1 is 1.10 bits per heavy atom. The van der Waals surface area contributed by atoms with Gasteiger partial charge in [0, 0.05) is 23.4 Å². The van der Waals surface area contributed by atoms with E-state index in [1.807, 2.05) is 19.1 Å². The molecule has 0 bridgehead atoms. The molecule has 1 aromatic heterocycles. The van der Waals surface area contributed by atoms with E-state index < -0.39 is 5.60 Å². The molecule has 2 unspecified atom stereocenters. The van der Waals surface area contributed by atoms with Crippen molar-refractivity contribution in [2.45, 2.75) is 65.1 Å². The van der Waals surface area contributed by atoms with Crippen molar-refractivity contribution in [3.63, 3.8) is 0 Å². The maximum Gasteiger partial charge on any atom is 0.336 e. The summed E-state index contributed by atoms with van der Waals surface area (Å²) in [6, 6.07) is 8.62. The molecule has 5 heteroatoms. The summed E-state index contributed by atoms with van der Waals surface area (Å²) in [5, 5.41) is 22.7. The van der Waals surface area contributed by atoms with Gasteiger partial charge in [-0.3, -0.25) is 0 Å². The van der Waals surface area contributed by atoms with E-state index in [1.165, 1.54) is 6.07 Å². The van der Waals surface area contributed by atoms with Crippen molar-refractivity contribution >= 4 is 11.0 Å². The van der Waals surface area contributed by atoms with Crippen LogP contribution in [0.1, 0.15) is 53.4 Å². The summed E-state index contributed by atoms with van der Waals surface area (Å²) in [6.45, 7) is 8.87. The quantitative estimate of drug-likeness (QED) is 0.757. The lowest BCUT2D eigenvalue weighted by Crippen LogP contribution is -2.61. The molecule has 2 aromatic rings. The SMILES string of the molecule is CC12CC[C@H](O)C(C)(C)[C@H]1CC[C@](C)(O)C2COc1ccc2ccc(=O)oc2c1. The highest BCUT2D eigenvalue weighted by atomic mass is 16.5. The summed E-state index contributed by atoms with van der Waals surface area (Å²) in [6.07, 6.45) is 2.91. The molecule has 0 saturated heterocycles. The molecule has 5 nitrogen and oxygen atoms in total. The van der Waals surface area contributed by atoms with Crippen molar-refractivity contribution in [1.82, 2.24) is 0 Å². The predicted molar refractivity (Wildman–Crippen MR) is 112 cm³/mol. The molecule has 4 rings (SSSR count). The number of hydrogen-bond donors (Lipinski definition) is 2. The van der Waals surface area contributed by atoms with Crippen LogP contribution in [0.2, 0.25) is 0 Å². The van der Waals surface area contributed by atoms with Gasteiger partial charge in [0.1, 0.15) is 11.3 Å². The standard InChI is InChI=1S/C24H32O5/c1-22(2)18-9-12-24(4,27)19(23(18,3)11-10-20(22)25)14-28-16-7-5-15-6-8-21(26)29-17(15)13-16/h5-8,13,18-20,25,27H,9-12,14H2,1-4H3/t18-,19?,20+,23?,24+/m1/s1. The van der Waals surface area contributed by atoms with Gasteiger partial charge in [-0.25, -0.2) is 4.79 Å². The second-order valence-electron chi connectivity index (χ2n) is 10.1. The van der Waals surface area contributed by atoms with Gasteiger partial charge in [-0.05, 0) is 67.6 Å². The zero-order chi connectivity index (χ0) is 21.0. The van der Waals surface area contributed by atoms with Crippen LogP contribution in [0, 0.1) is 22.7 Å². The Hall–Kier alpha value is -1.85. The highest BCUT2D eigenvalue weighted by Crippen LogP contribution is 2.61. The van der Waals surface area contributed by atoms with Crippen molar-refractivity contribution in [2.75, 3.05) is 6.61 Å². The first kappa shape index (κ1) is 20.4. The molecule has 2 saturated carbocycles. The lowest BCUT2D eigenvalue weighted by Gasteiger charge is -2.62. The second-order valence-corrected chi connectivity index (χ2v) is 10.1. The maximum atomic E-state index is 11.5. The van der Waals surface area contributed by atoms with Gasteiger partial charge < -0.3 is 19.4 Å². The monoisotopic (exact) mass is 400 g/mol. The minimum atomic E-state index is -0.826. The van der Waals surface area contributed by atoms with Crippen LogP contribution in [0.15, 0.2) is 39.5 Å². The number of ether oxygens (including phenoxy) is 1. The van der Waals surface area contributed by atoms with Crippen LogP contribution < -0.4 is 10.4 Å². The van der Waals surface area contributed by atoms with E-state index in [1.54, 1.807) is 12.1 Å². The second kappa shape index (κ2) is 6.85. The molecule has 158 valence electrons. The number of benzene rings is 1. The Balaban J connectivity index is 1.61. The van der Waals surface area contributed by atoms with Crippen molar-refractivity contribution in [2.24, 2.45) is 22.7 Å². The third kappa shape index (κ3) is 3.38. The highest BCUT2D eigenvalue weighted by Gasteiger charge is 2.60. The summed E-state index contributed by atoms with van der Waals surface area (Å²) < 4.78 is 11.4. The van der Waals surface area contributed by atoms with Crippen LogP contribution in [0.5, 0.6) is 5.75 Å². The van der Waals surface area contributed by atoms with E-state index in [2.05, 4.69) is 20.8 Å². The Morgan fingerprint density at radius 3 is 2.59 bits per heavy atom. The molecule has 1 heterocycles. The predicted octanol–water partition coefficient (Wildman–Crippen LogP) is 4.14. The van der Waals surface area contributed by atoms with E-state index in [4.69, 9.17) is 9.15 Å². The van der Waals surface area contributed by atoms with Gasteiger partial charge in [0.25, 0.3) is 0 Å². The average Bonchev–Trinajstić information content (AvgIpc) is 2.64. The van der Waals surface area contributed by atoms with Crippen LogP contribution >= 0.6 is 0 Å². The summed E-state index contributed by atoms with van der Waals surface area (Å²) in [4.78, 5) is 11.5. The molecule has 0 aliphatic heterocycles. The summed E-state index contributed by atoms with van der Waals surface area (Å²) >= 11 is 0. The Labute approximate surface area is 171 Å². The van der Waals surface area contributed by atoms with Crippen molar-refractivity contribution in [1.29, 1.82) is 0 Å². The van der Waals surface area contributed by atoms with E-state index in [0.29, 0.717) is 30.3 Å². The molecule has 0 amide bonds. The molecule has 0 spiro atoms. The first-order valence-corrected chi connectivity index (χ1v) is 10.6. The molecule has 1 aromatic carbocycles. The van der Waals surface area contributed by atoms with Crippen molar-refractivity contribution in [3.05, 3.63) is 40.8 Å². The number of fused-ring (bicyclic) bond motifs is 2. The molecule has 2 N–H and O–H groups in total. The number of rotatable bonds is 3. The topological polar surface area (TPSA) is 79.9 Å². The number of hydrogen-bond acceptors (Lipinski definition) is 5. The molecule has 2 aliphatic carbocycles. The van der Waals surface area contributed by atoms with E-state index in [9.17, 15) is 15.0 Å². The third-order valence-corrected chi connectivity index (χ3v) is 8.01. The fourth-order valence-electron chi connectivity index (χ4n) is 6.20. The van der Waals surface area contributed by atoms with Gasteiger partial charge in [-0.2, -0.15) is 0 Å². The molecule has 0 radical (unpaired) electrons. The highest BCUT2D eigenvalue weighted by molar-refractivity contribution is 5.77. The largest absolute Gasteiger partial charge is 0.493 e. The minimum absolute atomic E-state index is 0.0565. The number of aliphatic hydroxyl groups excluding tert-OH is 1. The fourth-order valence-corrected chi connectivity index (χ4v) is 6.20. The Kier molecular flexibility index (Phi) is 4.82. The van der Waals surface area contributed by atoms with E-state index in [-0.39, 0.29) is 28.5 Å². The Bertz CT molecular complexity index is 959. The summed E-state index contributed by atoms with van der Waals surface area (Å²) in [5.74, 6) is 0.893. The first-order chi connectivity index (χ1) is 13.5. The molecule has 2 fully saturated rings. The van der Waals surface area contributed by atoms with Crippen LogP contribution in [0.3, 0.4) is 0 Å². The van der Waals surface area contributed by atoms with Gasteiger partial charge in [0.05, 0.1) is 18.3 Å². The zero-order valence-electron chi connectivity index (χ0n) is 17.8. The first-order valence-electron chi connectivity index (χ1n) is 10.6. The summed E-state index contributed by atoms with van der Waals surface area (Å²) in [5.41, 5.74) is -1.02. The number of aliphatic hydroxyl groups is 2. The fraction of sp³-hybridized carbons (Fsp3) is 0.625. The van der Waals surface area contributed by atoms with Crippen LogP contribution in [0.4, 0.5) is 0 Å². The molecule has 29 heavy (non-hydrogen) atoms. The van der Waals surface area contributed by atoms with Crippen molar-refractivity contribution in [3.8, 4) is 5.75 Å². The third-order valence-electron chi connectivity index (χ3n) is 8.01. The lowest BCUT2D eigenvalue weighted by atomic mass is 9.45. The average molecular weight is 401 g/mol. The normalized spacial score (nSPS) is 36.6. The van der Waals surface area contributed by atoms with Gasteiger partial charge in [-0.1, -0.05) is 20.8 Å². The molecular formula is C24H32O5. The van der Waals surface area contributed by atoms with E-state index >= 15 is 0 Å². The zero-order valence-corrected chi connectivity index (χ0v) is 17.8. The molecular weight excluding hydrogens is 368 g/mol. The minimum Gasteiger partial charge on any atom is -0.493 e. The maximum absolute atomic E-state index is 11.5. The van der Waals surface area contributed by atoms with Crippen molar-refractivity contribution < 1.29 is 19.4 Å². The molecule has 2 aliphatic rings.